The van der Waals surface area contributed by atoms with Gasteiger partial charge >= 0.3 is 0 Å². The second-order valence-corrected chi connectivity index (χ2v) is 9.88. The van der Waals surface area contributed by atoms with Gasteiger partial charge in [0.05, 0.1) is 17.8 Å². The number of rotatable bonds is 4. The van der Waals surface area contributed by atoms with Crippen LogP contribution in [0.3, 0.4) is 0 Å². The van der Waals surface area contributed by atoms with Crippen LogP contribution in [0.25, 0.3) is 5.65 Å². The number of likely N-dealkylation sites (tertiary alicyclic amines) is 1. The summed E-state index contributed by atoms with van der Waals surface area (Å²) < 4.78 is 1.59. The van der Waals surface area contributed by atoms with Gasteiger partial charge in [0.15, 0.2) is 5.65 Å². The Hall–Kier alpha value is -3.00. The normalized spacial score (nSPS) is 19.7. The van der Waals surface area contributed by atoms with Gasteiger partial charge in [-0.15, -0.1) is 0 Å². The fourth-order valence-corrected chi connectivity index (χ4v) is 5.31. The maximum absolute atomic E-state index is 13.3. The summed E-state index contributed by atoms with van der Waals surface area (Å²) in [5, 5.41) is 3.35. The van der Waals surface area contributed by atoms with Crippen molar-refractivity contribution in [3.63, 3.8) is 0 Å². The number of fused-ring (bicyclic) bond motifs is 2. The Morgan fingerprint density at radius 3 is 2.76 bits per heavy atom. The van der Waals surface area contributed by atoms with Crippen molar-refractivity contribution < 1.29 is 4.79 Å². The molecule has 0 radical (unpaired) electrons. The maximum atomic E-state index is 13.3. The Labute approximate surface area is 192 Å². The quantitative estimate of drug-likeness (QED) is 0.665. The van der Waals surface area contributed by atoms with E-state index in [2.05, 4.69) is 34.0 Å². The fraction of sp³-hybridized carbons (Fsp3) is 0.520. The number of nitrogens with one attached hydrogen (secondary N) is 1. The topological polar surface area (TPSA) is 86.6 Å². The highest BCUT2D eigenvalue weighted by molar-refractivity contribution is 5.81. The Kier molecular flexibility index (Phi) is 5.05. The molecule has 3 aliphatic rings. The minimum atomic E-state index is -0.0554. The smallest absolute Gasteiger partial charge is 0.277 e. The third-order valence-corrected chi connectivity index (χ3v) is 7.58. The van der Waals surface area contributed by atoms with E-state index in [0.29, 0.717) is 36.6 Å². The number of pyridine rings is 1. The van der Waals surface area contributed by atoms with Crippen molar-refractivity contribution in [2.24, 2.45) is 5.92 Å². The van der Waals surface area contributed by atoms with Gasteiger partial charge in [-0.25, -0.2) is 9.50 Å². The monoisotopic (exact) mass is 446 g/mol. The second-order valence-electron chi connectivity index (χ2n) is 9.88. The number of aromatic nitrogens is 4. The van der Waals surface area contributed by atoms with E-state index in [-0.39, 0.29) is 17.4 Å². The van der Waals surface area contributed by atoms with Crippen molar-refractivity contribution in [1.82, 2.24) is 29.4 Å². The van der Waals surface area contributed by atoms with Gasteiger partial charge in [0.2, 0.25) is 5.91 Å². The molecule has 1 aliphatic carbocycles. The Bertz CT molecular complexity index is 1270. The SMILES string of the molecule is Cc1cnccc1CN1CCC(c2cc3nc4c(c(=O)n3[nH]2)CN(C(=O)C2CC2)CC4)CC1. The van der Waals surface area contributed by atoms with Gasteiger partial charge < -0.3 is 4.90 Å². The maximum Gasteiger partial charge on any atom is 0.277 e. The van der Waals surface area contributed by atoms with Crippen LogP contribution in [0.2, 0.25) is 0 Å². The first-order valence-corrected chi connectivity index (χ1v) is 12.1. The first kappa shape index (κ1) is 20.6. The van der Waals surface area contributed by atoms with E-state index in [1.54, 1.807) is 4.52 Å². The molecular weight excluding hydrogens is 416 g/mol. The minimum absolute atomic E-state index is 0.0554. The number of piperidine rings is 1. The minimum Gasteiger partial charge on any atom is -0.337 e. The largest absolute Gasteiger partial charge is 0.337 e. The third-order valence-electron chi connectivity index (χ3n) is 7.58. The van der Waals surface area contributed by atoms with Gasteiger partial charge in [-0.2, -0.15) is 0 Å². The average molecular weight is 447 g/mol. The Morgan fingerprint density at radius 1 is 1.18 bits per heavy atom. The van der Waals surface area contributed by atoms with E-state index in [9.17, 15) is 9.59 Å². The lowest BCUT2D eigenvalue weighted by molar-refractivity contribution is -0.133. The number of amides is 1. The number of hydrogen-bond acceptors (Lipinski definition) is 5. The molecule has 1 saturated heterocycles. The molecule has 2 aliphatic heterocycles. The molecule has 8 heteroatoms. The van der Waals surface area contributed by atoms with E-state index in [1.807, 2.05) is 17.3 Å². The zero-order valence-electron chi connectivity index (χ0n) is 19.1. The molecule has 6 rings (SSSR count). The van der Waals surface area contributed by atoms with E-state index in [1.165, 1.54) is 11.1 Å². The highest BCUT2D eigenvalue weighted by Gasteiger charge is 2.35. The van der Waals surface area contributed by atoms with E-state index >= 15 is 0 Å². The molecule has 1 saturated carbocycles. The molecule has 0 spiro atoms. The van der Waals surface area contributed by atoms with Crippen molar-refractivity contribution in [1.29, 1.82) is 0 Å². The van der Waals surface area contributed by atoms with Crippen LogP contribution >= 0.6 is 0 Å². The van der Waals surface area contributed by atoms with Crippen molar-refractivity contribution in [2.75, 3.05) is 19.6 Å². The molecule has 3 aromatic rings. The van der Waals surface area contributed by atoms with Gasteiger partial charge in [0.1, 0.15) is 0 Å². The van der Waals surface area contributed by atoms with Crippen LogP contribution in [0, 0.1) is 12.8 Å². The molecule has 2 fully saturated rings. The molecule has 0 atom stereocenters. The molecule has 1 amide bonds. The molecule has 5 heterocycles. The molecule has 3 aromatic heterocycles. The van der Waals surface area contributed by atoms with E-state index < -0.39 is 0 Å². The van der Waals surface area contributed by atoms with Gasteiger partial charge in [-0.05, 0) is 62.9 Å². The van der Waals surface area contributed by atoms with Crippen molar-refractivity contribution in [3.05, 3.63) is 63.0 Å². The second kappa shape index (κ2) is 8.09. The van der Waals surface area contributed by atoms with Crippen LogP contribution in [0.5, 0.6) is 0 Å². The number of nitrogens with zero attached hydrogens (tertiary/aromatic N) is 5. The van der Waals surface area contributed by atoms with Gasteiger partial charge in [-0.3, -0.25) is 24.6 Å². The molecular formula is C25H30N6O2. The van der Waals surface area contributed by atoms with Crippen LogP contribution in [0.4, 0.5) is 0 Å². The number of hydrogen-bond donors (Lipinski definition) is 1. The lowest BCUT2D eigenvalue weighted by atomic mass is 9.93. The number of carbonyl (C=O) groups excluding carboxylic acids is 1. The predicted molar refractivity (Wildman–Crippen MR) is 124 cm³/mol. The summed E-state index contributed by atoms with van der Waals surface area (Å²) in [5.74, 6) is 0.772. The van der Waals surface area contributed by atoms with Gasteiger partial charge in [0, 0.05) is 55.5 Å². The van der Waals surface area contributed by atoms with Crippen LogP contribution in [-0.2, 0) is 24.3 Å². The first-order chi connectivity index (χ1) is 16.1. The van der Waals surface area contributed by atoms with Gasteiger partial charge in [0.25, 0.3) is 5.56 Å². The van der Waals surface area contributed by atoms with Crippen LogP contribution in [-0.4, -0.2) is 54.9 Å². The summed E-state index contributed by atoms with van der Waals surface area (Å²) in [4.78, 5) is 39.1. The van der Waals surface area contributed by atoms with E-state index in [4.69, 9.17) is 4.98 Å². The average Bonchev–Trinajstić information content (AvgIpc) is 3.60. The first-order valence-electron chi connectivity index (χ1n) is 12.1. The molecule has 0 aromatic carbocycles. The summed E-state index contributed by atoms with van der Waals surface area (Å²) >= 11 is 0. The lowest BCUT2D eigenvalue weighted by Gasteiger charge is -2.31. The zero-order valence-corrected chi connectivity index (χ0v) is 19.1. The molecule has 8 nitrogen and oxygen atoms in total. The highest BCUT2D eigenvalue weighted by atomic mass is 16.2. The van der Waals surface area contributed by atoms with Crippen molar-refractivity contribution in [3.8, 4) is 0 Å². The van der Waals surface area contributed by atoms with Crippen LogP contribution < -0.4 is 5.56 Å². The number of carbonyl (C=O) groups is 1. The summed E-state index contributed by atoms with van der Waals surface area (Å²) in [7, 11) is 0. The molecule has 0 unspecified atom stereocenters. The third kappa shape index (κ3) is 3.86. The van der Waals surface area contributed by atoms with Gasteiger partial charge in [-0.1, -0.05) is 0 Å². The van der Waals surface area contributed by atoms with E-state index in [0.717, 1.165) is 56.7 Å². The highest BCUT2D eigenvalue weighted by Crippen LogP contribution is 2.33. The summed E-state index contributed by atoms with van der Waals surface area (Å²) in [5.41, 5.74) is 5.83. The fourth-order valence-electron chi connectivity index (χ4n) is 5.31. The molecule has 33 heavy (non-hydrogen) atoms. The lowest BCUT2D eigenvalue weighted by Crippen LogP contribution is -2.40. The molecule has 1 N–H and O–H groups in total. The predicted octanol–water partition coefficient (Wildman–Crippen LogP) is 2.40. The summed E-state index contributed by atoms with van der Waals surface area (Å²) in [6, 6.07) is 4.16. The van der Waals surface area contributed by atoms with Crippen molar-refractivity contribution in [2.45, 2.75) is 58.0 Å². The number of aromatic amines is 1. The standard InChI is InChI=1S/C25H30N6O2/c1-16-13-26-8-4-19(16)14-29-9-5-17(6-10-29)22-12-23-27-21-7-11-30(24(32)18-2-3-18)15-20(21)25(33)31(23)28-22/h4,8,12-13,17-18,28H,2-3,5-7,9-11,14-15H2,1H3. The number of H-pyrrole nitrogens is 1. The zero-order chi connectivity index (χ0) is 22.5. The summed E-state index contributed by atoms with van der Waals surface area (Å²) in [6.07, 6.45) is 8.53. The molecule has 172 valence electrons. The van der Waals surface area contributed by atoms with Crippen LogP contribution in [0.15, 0.2) is 29.3 Å². The Morgan fingerprint density at radius 2 is 2.00 bits per heavy atom. The number of aryl methyl sites for hydroxylation is 1. The van der Waals surface area contributed by atoms with Crippen LogP contribution in [0.1, 0.15) is 59.7 Å². The Balaban J connectivity index is 1.18. The van der Waals surface area contributed by atoms with Crippen molar-refractivity contribution >= 4 is 11.6 Å². The molecule has 0 bridgehead atoms. The summed E-state index contributed by atoms with van der Waals surface area (Å²) in [6.45, 7) is 6.18.